The van der Waals surface area contributed by atoms with Crippen molar-refractivity contribution in [3.63, 3.8) is 0 Å². The minimum Gasteiger partial charge on any atom is -0.384 e. The Morgan fingerprint density at radius 1 is 1.33 bits per heavy atom. The van der Waals surface area contributed by atoms with Crippen LogP contribution in [0.15, 0.2) is 16.6 Å². The number of hydrogen-bond donors (Lipinski definition) is 1. The van der Waals surface area contributed by atoms with Gasteiger partial charge in [-0.2, -0.15) is 0 Å². The molecule has 0 fully saturated rings. The van der Waals surface area contributed by atoms with Gasteiger partial charge >= 0.3 is 0 Å². The number of nitrogens with two attached hydrogens (primary N) is 1. The molecule has 0 unspecified atom stereocenters. The highest BCUT2D eigenvalue weighted by Gasteiger charge is 1.93. The first-order valence-electron chi connectivity index (χ1n) is 4.62. The Morgan fingerprint density at radius 2 is 1.83 bits per heavy atom. The van der Waals surface area contributed by atoms with Gasteiger partial charge in [0.15, 0.2) is 0 Å². The van der Waals surface area contributed by atoms with E-state index < -0.39 is 0 Å². The van der Waals surface area contributed by atoms with Gasteiger partial charge in [0.2, 0.25) is 0 Å². The first-order chi connectivity index (χ1) is 5.60. The maximum absolute atomic E-state index is 5.70. The Kier molecular flexibility index (Phi) is 5.43. The zero-order valence-corrected chi connectivity index (χ0v) is 8.59. The van der Waals surface area contributed by atoms with Crippen molar-refractivity contribution in [1.29, 1.82) is 0 Å². The van der Waals surface area contributed by atoms with Gasteiger partial charge < -0.3 is 5.73 Å². The summed E-state index contributed by atoms with van der Waals surface area (Å²) in [6.07, 6.45) is 4.11. The van der Waals surface area contributed by atoms with Crippen LogP contribution in [0.4, 0.5) is 0 Å². The Balaban J connectivity index is 4.29. The lowest BCUT2D eigenvalue weighted by atomic mass is 10.1. The van der Waals surface area contributed by atoms with Crippen molar-refractivity contribution in [3.8, 4) is 0 Å². The predicted octanol–water partition coefficient (Wildman–Crippen LogP) is 2.50. The van der Waals surface area contributed by atoms with Crippen LogP contribution >= 0.6 is 0 Å². The summed E-state index contributed by atoms with van der Waals surface area (Å²) in [5, 5.41) is 0. The van der Waals surface area contributed by atoms with E-state index in [2.05, 4.69) is 18.8 Å². The number of amidine groups is 1. The molecule has 2 heteroatoms. The first-order valence-corrected chi connectivity index (χ1v) is 4.62. The van der Waals surface area contributed by atoms with Gasteiger partial charge in [-0.25, -0.2) is 0 Å². The van der Waals surface area contributed by atoms with Gasteiger partial charge in [-0.05, 0) is 32.8 Å². The van der Waals surface area contributed by atoms with Crippen molar-refractivity contribution in [2.24, 2.45) is 10.7 Å². The van der Waals surface area contributed by atoms with Gasteiger partial charge in [0.1, 0.15) is 5.84 Å². The summed E-state index contributed by atoms with van der Waals surface area (Å²) in [5.74, 6) is 0.656. The van der Waals surface area contributed by atoms with Gasteiger partial charge in [-0.15, -0.1) is 0 Å². The lowest BCUT2D eigenvalue weighted by Crippen LogP contribution is -2.11. The first kappa shape index (κ1) is 11.2. The average molecular weight is 168 g/mol. The van der Waals surface area contributed by atoms with E-state index in [-0.39, 0.29) is 6.04 Å². The number of hydrogen-bond acceptors (Lipinski definition) is 1. The van der Waals surface area contributed by atoms with E-state index in [0.29, 0.717) is 5.84 Å². The molecule has 0 spiro atoms. The van der Waals surface area contributed by atoms with Crippen molar-refractivity contribution < 1.29 is 0 Å². The molecule has 2 nitrogen and oxygen atoms in total. The topological polar surface area (TPSA) is 38.4 Å². The SMILES string of the molecule is CCC(=CC(N)=NC(C)C)CC. The Morgan fingerprint density at radius 3 is 2.17 bits per heavy atom. The van der Waals surface area contributed by atoms with Crippen molar-refractivity contribution in [2.45, 2.75) is 46.6 Å². The third kappa shape index (κ3) is 4.94. The van der Waals surface area contributed by atoms with Crippen LogP contribution in [-0.4, -0.2) is 11.9 Å². The van der Waals surface area contributed by atoms with E-state index in [9.17, 15) is 0 Å². The third-order valence-electron chi connectivity index (χ3n) is 1.67. The zero-order chi connectivity index (χ0) is 9.56. The highest BCUT2D eigenvalue weighted by Crippen LogP contribution is 2.04. The molecule has 0 bridgehead atoms. The molecule has 12 heavy (non-hydrogen) atoms. The van der Waals surface area contributed by atoms with Crippen molar-refractivity contribution in [1.82, 2.24) is 0 Å². The molecule has 70 valence electrons. The number of aliphatic imine (C=N–C) groups is 1. The second kappa shape index (κ2) is 5.81. The Labute approximate surface area is 75.6 Å². The molecule has 0 heterocycles. The van der Waals surface area contributed by atoms with Gasteiger partial charge in [-0.3, -0.25) is 4.99 Å². The van der Waals surface area contributed by atoms with E-state index in [0.717, 1.165) is 12.8 Å². The van der Waals surface area contributed by atoms with Crippen molar-refractivity contribution >= 4 is 5.84 Å². The fourth-order valence-corrected chi connectivity index (χ4v) is 0.999. The Hall–Kier alpha value is -0.790. The summed E-state index contributed by atoms with van der Waals surface area (Å²) in [6.45, 7) is 8.33. The molecule has 0 aliphatic heterocycles. The second-order valence-corrected chi connectivity index (χ2v) is 3.16. The maximum atomic E-state index is 5.70. The largest absolute Gasteiger partial charge is 0.384 e. The normalized spacial score (nSPS) is 11.9. The number of rotatable bonds is 4. The summed E-state index contributed by atoms with van der Waals surface area (Å²) in [6, 6.07) is 0.288. The summed E-state index contributed by atoms with van der Waals surface area (Å²) in [5.41, 5.74) is 7.06. The van der Waals surface area contributed by atoms with Crippen LogP contribution in [0.1, 0.15) is 40.5 Å². The molecule has 2 N–H and O–H groups in total. The van der Waals surface area contributed by atoms with Crippen LogP contribution < -0.4 is 5.73 Å². The number of allylic oxidation sites excluding steroid dienone is 1. The lowest BCUT2D eigenvalue weighted by Gasteiger charge is -2.01. The lowest BCUT2D eigenvalue weighted by molar-refractivity contribution is 0.834. The zero-order valence-electron chi connectivity index (χ0n) is 8.59. The summed E-state index contributed by atoms with van der Waals surface area (Å²) in [7, 11) is 0. The van der Waals surface area contributed by atoms with Gasteiger partial charge in [0.25, 0.3) is 0 Å². The van der Waals surface area contributed by atoms with Crippen LogP contribution in [0.5, 0.6) is 0 Å². The van der Waals surface area contributed by atoms with Crippen LogP contribution in [-0.2, 0) is 0 Å². The molecule has 0 aromatic heterocycles. The molecular weight excluding hydrogens is 148 g/mol. The van der Waals surface area contributed by atoms with Crippen LogP contribution in [0.25, 0.3) is 0 Å². The minimum absolute atomic E-state index is 0.288. The van der Waals surface area contributed by atoms with Crippen LogP contribution in [0, 0.1) is 0 Å². The Bertz CT molecular complexity index is 172. The highest BCUT2D eigenvalue weighted by molar-refractivity contribution is 5.92. The van der Waals surface area contributed by atoms with E-state index in [4.69, 9.17) is 5.73 Å². The monoisotopic (exact) mass is 168 g/mol. The summed E-state index contributed by atoms with van der Waals surface area (Å²) < 4.78 is 0. The van der Waals surface area contributed by atoms with E-state index in [1.165, 1.54) is 5.57 Å². The van der Waals surface area contributed by atoms with E-state index in [1.807, 2.05) is 19.9 Å². The molecule has 0 rings (SSSR count). The molecule has 0 aliphatic rings. The quantitative estimate of drug-likeness (QED) is 0.508. The third-order valence-corrected chi connectivity index (χ3v) is 1.67. The average Bonchev–Trinajstić information content (AvgIpc) is 1.98. The predicted molar refractivity (Wildman–Crippen MR) is 55.4 cm³/mol. The van der Waals surface area contributed by atoms with Gasteiger partial charge in [0, 0.05) is 6.04 Å². The molecule has 0 atom stereocenters. The van der Waals surface area contributed by atoms with Crippen LogP contribution in [0.3, 0.4) is 0 Å². The molecule has 0 saturated carbocycles. The fourth-order valence-electron chi connectivity index (χ4n) is 0.999. The molecular formula is C10H20N2. The molecule has 0 saturated heterocycles. The molecule has 0 aromatic carbocycles. The van der Waals surface area contributed by atoms with Crippen molar-refractivity contribution in [3.05, 3.63) is 11.6 Å². The van der Waals surface area contributed by atoms with E-state index in [1.54, 1.807) is 0 Å². The smallest absolute Gasteiger partial charge is 0.118 e. The minimum atomic E-state index is 0.288. The molecule has 0 aliphatic carbocycles. The molecule has 0 aromatic rings. The van der Waals surface area contributed by atoms with Crippen molar-refractivity contribution in [2.75, 3.05) is 0 Å². The maximum Gasteiger partial charge on any atom is 0.118 e. The summed E-state index contributed by atoms with van der Waals surface area (Å²) >= 11 is 0. The number of nitrogens with zero attached hydrogens (tertiary/aromatic N) is 1. The standard InChI is InChI=1S/C10H20N2/c1-5-9(6-2)7-10(11)12-8(3)4/h7-8H,5-6H2,1-4H3,(H2,11,12). The summed E-state index contributed by atoms with van der Waals surface area (Å²) in [4.78, 5) is 4.23. The van der Waals surface area contributed by atoms with Gasteiger partial charge in [0.05, 0.1) is 0 Å². The van der Waals surface area contributed by atoms with Gasteiger partial charge in [-0.1, -0.05) is 19.4 Å². The van der Waals surface area contributed by atoms with E-state index >= 15 is 0 Å². The molecule has 0 amide bonds. The molecule has 0 radical (unpaired) electrons. The second-order valence-electron chi connectivity index (χ2n) is 3.16. The fraction of sp³-hybridized carbons (Fsp3) is 0.700. The highest BCUT2D eigenvalue weighted by atomic mass is 14.9. The van der Waals surface area contributed by atoms with Crippen LogP contribution in [0.2, 0.25) is 0 Å².